The molecule has 0 radical (unpaired) electrons. The largest absolute Gasteiger partial charge is 0.396 e. The van der Waals surface area contributed by atoms with Crippen LogP contribution >= 0.6 is 0 Å². The zero-order valence-electron chi connectivity index (χ0n) is 14.2. The minimum absolute atomic E-state index is 0.645. The summed E-state index contributed by atoms with van der Waals surface area (Å²) in [6.07, 6.45) is 7.61. The Hall–Kier alpha value is -0.610. The van der Waals surface area contributed by atoms with Crippen LogP contribution in [-0.4, -0.2) is 61.4 Å². The van der Waals surface area contributed by atoms with Crippen LogP contribution in [0, 0.1) is 5.92 Å². The number of piperidine rings is 1. The van der Waals surface area contributed by atoms with Crippen LogP contribution < -0.4 is 0 Å². The van der Waals surface area contributed by atoms with Gasteiger partial charge in [-0.3, -0.25) is 0 Å². The summed E-state index contributed by atoms with van der Waals surface area (Å²) in [4.78, 5) is 10.5. The van der Waals surface area contributed by atoms with Crippen LogP contribution in [0.5, 0.6) is 0 Å². The molecule has 4 nitrogen and oxygen atoms in total. The van der Waals surface area contributed by atoms with Gasteiger partial charge >= 0.3 is 0 Å². The van der Waals surface area contributed by atoms with Crippen molar-refractivity contribution in [3.8, 4) is 0 Å². The van der Waals surface area contributed by atoms with E-state index in [4.69, 9.17) is 4.84 Å². The fourth-order valence-corrected chi connectivity index (χ4v) is 3.76. The van der Waals surface area contributed by atoms with E-state index in [0.29, 0.717) is 12.5 Å². The second kappa shape index (κ2) is 8.74. The van der Waals surface area contributed by atoms with E-state index in [1.54, 1.807) is 0 Å². The lowest BCUT2D eigenvalue weighted by atomic mass is 9.89. The van der Waals surface area contributed by atoms with E-state index in [1.165, 1.54) is 64.0 Å². The lowest BCUT2D eigenvalue weighted by molar-refractivity contribution is 0.130. The molecule has 0 aromatic carbocycles. The zero-order valence-corrected chi connectivity index (χ0v) is 14.2. The molecule has 0 amide bonds. The maximum atomic E-state index is 5.28. The third-order valence-electron chi connectivity index (χ3n) is 5.11. The quantitative estimate of drug-likeness (QED) is 0.576. The van der Waals surface area contributed by atoms with Crippen LogP contribution in [0.3, 0.4) is 0 Å². The first kappa shape index (κ1) is 16.8. The van der Waals surface area contributed by atoms with E-state index in [9.17, 15) is 0 Å². The average molecular weight is 295 g/mol. The predicted molar refractivity (Wildman–Crippen MR) is 88.8 cm³/mol. The lowest BCUT2D eigenvalue weighted by Crippen LogP contribution is -2.43. The molecule has 0 bridgehead atoms. The van der Waals surface area contributed by atoms with Gasteiger partial charge in [-0.25, -0.2) is 0 Å². The van der Waals surface area contributed by atoms with E-state index in [0.717, 1.165) is 12.5 Å². The van der Waals surface area contributed by atoms with Crippen LogP contribution in [0.15, 0.2) is 5.16 Å². The summed E-state index contributed by atoms with van der Waals surface area (Å²) in [7, 11) is 2.26. The van der Waals surface area contributed by atoms with Crippen LogP contribution in [0.2, 0.25) is 0 Å². The van der Waals surface area contributed by atoms with Gasteiger partial charge in [0.1, 0.15) is 6.61 Å². The summed E-state index contributed by atoms with van der Waals surface area (Å²) in [6, 6.07) is 0.810. The molecule has 1 unspecified atom stereocenters. The third kappa shape index (κ3) is 4.96. The molecule has 21 heavy (non-hydrogen) atoms. The summed E-state index contributed by atoms with van der Waals surface area (Å²) in [6.45, 7) is 9.89. The molecule has 2 fully saturated rings. The molecule has 4 heteroatoms. The molecule has 0 aromatic heterocycles. The maximum Gasteiger partial charge on any atom is 0.114 e. The zero-order chi connectivity index (χ0) is 15.1. The Kier molecular flexibility index (Phi) is 6.97. The van der Waals surface area contributed by atoms with Gasteiger partial charge in [0.25, 0.3) is 0 Å². The molecule has 2 heterocycles. The highest BCUT2D eigenvalue weighted by atomic mass is 16.6. The molecule has 0 saturated carbocycles. The Morgan fingerprint density at radius 3 is 2.48 bits per heavy atom. The number of hydrogen-bond donors (Lipinski definition) is 0. The topological polar surface area (TPSA) is 28.1 Å². The Labute approximate surface area is 130 Å². The van der Waals surface area contributed by atoms with Crippen LogP contribution in [0.4, 0.5) is 0 Å². The van der Waals surface area contributed by atoms with Crippen LogP contribution in [0.25, 0.3) is 0 Å². The Bertz CT molecular complexity index is 324. The molecule has 122 valence electrons. The molecule has 2 aliphatic heterocycles. The fourth-order valence-electron chi connectivity index (χ4n) is 3.76. The predicted octanol–water partition coefficient (Wildman–Crippen LogP) is 2.99. The molecule has 0 N–H and O–H groups in total. The standard InChI is InChI=1S/C17H33N3O/c1-4-17(18-21-5-2)15-8-13-20(14-9-15)16-7-6-11-19(3)12-10-16/h15-16H,4-14H2,1-3H3/b18-17+. The van der Waals surface area contributed by atoms with Crippen molar-refractivity contribution in [2.75, 3.05) is 39.8 Å². The molecule has 0 spiro atoms. The van der Waals surface area contributed by atoms with E-state index in [-0.39, 0.29) is 0 Å². The van der Waals surface area contributed by atoms with Crippen molar-refractivity contribution in [2.24, 2.45) is 11.1 Å². The van der Waals surface area contributed by atoms with Gasteiger partial charge in [-0.2, -0.15) is 0 Å². The van der Waals surface area contributed by atoms with Gasteiger partial charge in [0.2, 0.25) is 0 Å². The second-order valence-electron chi connectivity index (χ2n) is 6.55. The molecular formula is C17H33N3O. The first-order valence-corrected chi connectivity index (χ1v) is 8.85. The first-order chi connectivity index (χ1) is 10.2. The SMILES string of the molecule is CCO/N=C(\CC)C1CCN(C2CCCN(C)CC2)CC1. The van der Waals surface area contributed by atoms with Crippen LogP contribution in [-0.2, 0) is 4.84 Å². The Morgan fingerprint density at radius 2 is 1.81 bits per heavy atom. The molecule has 2 rings (SSSR count). The van der Waals surface area contributed by atoms with Crippen molar-refractivity contribution in [3.05, 3.63) is 0 Å². The number of nitrogens with zero attached hydrogens (tertiary/aromatic N) is 3. The second-order valence-corrected chi connectivity index (χ2v) is 6.55. The van der Waals surface area contributed by atoms with E-state index >= 15 is 0 Å². The highest BCUT2D eigenvalue weighted by Gasteiger charge is 2.28. The molecule has 0 aromatic rings. The number of oxime groups is 1. The Morgan fingerprint density at radius 1 is 1.05 bits per heavy atom. The third-order valence-corrected chi connectivity index (χ3v) is 5.11. The minimum Gasteiger partial charge on any atom is -0.396 e. The van der Waals surface area contributed by atoms with Crippen molar-refractivity contribution >= 4 is 5.71 Å². The van der Waals surface area contributed by atoms with Gasteiger partial charge in [0.15, 0.2) is 0 Å². The summed E-state index contributed by atoms with van der Waals surface area (Å²) >= 11 is 0. The average Bonchev–Trinajstić information content (AvgIpc) is 2.73. The normalized spacial score (nSPS) is 27.6. The van der Waals surface area contributed by atoms with Gasteiger partial charge < -0.3 is 14.6 Å². The van der Waals surface area contributed by atoms with Crippen molar-refractivity contribution < 1.29 is 4.84 Å². The van der Waals surface area contributed by atoms with E-state index in [2.05, 4.69) is 28.9 Å². The summed E-state index contributed by atoms with van der Waals surface area (Å²) in [5.41, 5.74) is 1.28. The van der Waals surface area contributed by atoms with Gasteiger partial charge in [0.05, 0.1) is 5.71 Å². The maximum absolute atomic E-state index is 5.28. The fraction of sp³-hybridized carbons (Fsp3) is 0.941. The minimum atomic E-state index is 0.645. The summed E-state index contributed by atoms with van der Waals surface area (Å²) < 4.78 is 0. The summed E-state index contributed by atoms with van der Waals surface area (Å²) in [5, 5.41) is 4.34. The van der Waals surface area contributed by atoms with Gasteiger partial charge in [0, 0.05) is 12.0 Å². The highest BCUT2D eigenvalue weighted by molar-refractivity contribution is 5.86. The van der Waals surface area contributed by atoms with Crippen molar-refractivity contribution in [3.63, 3.8) is 0 Å². The van der Waals surface area contributed by atoms with Crippen LogP contribution in [0.1, 0.15) is 52.4 Å². The van der Waals surface area contributed by atoms with Gasteiger partial charge in [-0.15, -0.1) is 0 Å². The van der Waals surface area contributed by atoms with Crippen molar-refractivity contribution in [1.29, 1.82) is 0 Å². The lowest BCUT2D eigenvalue weighted by Gasteiger charge is -2.37. The highest BCUT2D eigenvalue weighted by Crippen LogP contribution is 2.25. The molecule has 2 aliphatic rings. The van der Waals surface area contributed by atoms with Gasteiger partial charge in [-0.05, 0) is 78.7 Å². The number of hydrogen-bond acceptors (Lipinski definition) is 4. The van der Waals surface area contributed by atoms with Gasteiger partial charge in [-0.1, -0.05) is 12.1 Å². The summed E-state index contributed by atoms with van der Waals surface area (Å²) in [5.74, 6) is 0.645. The van der Waals surface area contributed by atoms with E-state index < -0.39 is 0 Å². The molecule has 1 atom stereocenters. The molecule has 2 saturated heterocycles. The smallest absolute Gasteiger partial charge is 0.114 e. The Balaban J connectivity index is 1.82. The monoisotopic (exact) mass is 295 g/mol. The van der Waals surface area contributed by atoms with Crippen molar-refractivity contribution in [1.82, 2.24) is 9.80 Å². The molecular weight excluding hydrogens is 262 g/mol. The van der Waals surface area contributed by atoms with E-state index in [1.807, 2.05) is 6.92 Å². The number of likely N-dealkylation sites (tertiary alicyclic amines) is 2. The number of rotatable bonds is 5. The van der Waals surface area contributed by atoms with Crippen molar-refractivity contribution in [2.45, 2.75) is 58.4 Å². The first-order valence-electron chi connectivity index (χ1n) is 8.85. The molecule has 0 aliphatic carbocycles.